The normalized spacial score (nSPS) is 11.7. The standard InChI is InChI=1S/C19H18ClFN2O/c1-19(2,16-11-22-17-9-14(21)7-8-15(16)17)18(24)23-10-12-3-5-13(20)6-4-12/h3-9,11,22H,10H2,1-2H3,(H,23,24). The number of carbonyl (C=O) groups is 1. The molecule has 0 aliphatic carbocycles. The lowest BCUT2D eigenvalue weighted by Gasteiger charge is -2.23. The van der Waals surface area contributed by atoms with Crippen LogP contribution in [0.3, 0.4) is 0 Å². The Labute approximate surface area is 144 Å². The van der Waals surface area contributed by atoms with Crippen LogP contribution in [-0.2, 0) is 16.8 Å². The van der Waals surface area contributed by atoms with E-state index in [-0.39, 0.29) is 11.7 Å². The number of hydrogen-bond acceptors (Lipinski definition) is 1. The molecule has 0 saturated heterocycles. The number of carbonyl (C=O) groups excluding carboxylic acids is 1. The van der Waals surface area contributed by atoms with Crippen LogP contribution in [0.2, 0.25) is 5.02 Å². The highest BCUT2D eigenvalue weighted by molar-refractivity contribution is 6.30. The Balaban J connectivity index is 1.80. The molecule has 2 aromatic carbocycles. The molecule has 0 unspecified atom stereocenters. The molecule has 1 aromatic heterocycles. The Morgan fingerprint density at radius 2 is 1.92 bits per heavy atom. The lowest BCUT2D eigenvalue weighted by molar-refractivity contribution is -0.125. The van der Waals surface area contributed by atoms with Crippen LogP contribution in [0, 0.1) is 5.82 Å². The predicted octanol–water partition coefficient (Wildman–Crippen LogP) is 4.55. The first-order chi connectivity index (χ1) is 11.4. The minimum atomic E-state index is -0.748. The van der Waals surface area contributed by atoms with Crippen LogP contribution in [0.5, 0.6) is 0 Å². The Kier molecular flexibility index (Phi) is 4.33. The number of H-pyrrole nitrogens is 1. The number of nitrogens with one attached hydrogen (secondary N) is 2. The van der Waals surface area contributed by atoms with Gasteiger partial charge in [0.1, 0.15) is 5.82 Å². The summed E-state index contributed by atoms with van der Waals surface area (Å²) in [4.78, 5) is 15.7. The SMILES string of the molecule is CC(C)(C(=O)NCc1ccc(Cl)cc1)c1c[nH]c2cc(F)ccc12. The van der Waals surface area contributed by atoms with E-state index in [1.807, 2.05) is 26.0 Å². The number of halogens is 2. The van der Waals surface area contributed by atoms with E-state index in [0.29, 0.717) is 17.1 Å². The number of aromatic amines is 1. The average Bonchev–Trinajstić information content (AvgIpc) is 2.97. The molecular formula is C19H18ClFN2O. The fourth-order valence-corrected chi connectivity index (χ4v) is 2.87. The van der Waals surface area contributed by atoms with Crippen molar-refractivity contribution in [3.05, 3.63) is 70.6 Å². The van der Waals surface area contributed by atoms with Crippen molar-refractivity contribution in [3.63, 3.8) is 0 Å². The molecule has 3 nitrogen and oxygen atoms in total. The number of aromatic nitrogens is 1. The molecule has 1 heterocycles. The van der Waals surface area contributed by atoms with Gasteiger partial charge in [0.05, 0.1) is 5.41 Å². The first kappa shape index (κ1) is 16.5. The molecule has 3 rings (SSSR count). The summed E-state index contributed by atoms with van der Waals surface area (Å²) in [5.74, 6) is -0.399. The third kappa shape index (κ3) is 3.15. The van der Waals surface area contributed by atoms with Gasteiger partial charge in [-0.1, -0.05) is 23.7 Å². The minimum Gasteiger partial charge on any atom is -0.361 e. The molecular weight excluding hydrogens is 327 g/mol. The van der Waals surface area contributed by atoms with E-state index >= 15 is 0 Å². The Bertz CT molecular complexity index is 884. The second-order valence-electron chi connectivity index (χ2n) is 6.33. The quantitative estimate of drug-likeness (QED) is 0.716. The molecule has 0 aliphatic rings. The summed E-state index contributed by atoms with van der Waals surface area (Å²) in [6.45, 7) is 4.14. The number of benzene rings is 2. The number of hydrogen-bond donors (Lipinski definition) is 2. The van der Waals surface area contributed by atoms with E-state index in [2.05, 4.69) is 10.3 Å². The summed E-state index contributed by atoms with van der Waals surface area (Å²) in [7, 11) is 0. The van der Waals surface area contributed by atoms with E-state index in [4.69, 9.17) is 11.6 Å². The van der Waals surface area contributed by atoms with E-state index in [1.54, 1.807) is 24.4 Å². The molecule has 2 N–H and O–H groups in total. The molecule has 0 fully saturated rings. The first-order valence-corrected chi connectivity index (χ1v) is 8.05. The van der Waals surface area contributed by atoms with Gasteiger partial charge in [-0.3, -0.25) is 4.79 Å². The zero-order valence-corrected chi connectivity index (χ0v) is 14.2. The molecule has 24 heavy (non-hydrogen) atoms. The van der Waals surface area contributed by atoms with Crippen LogP contribution in [0.1, 0.15) is 25.0 Å². The lowest BCUT2D eigenvalue weighted by atomic mass is 9.83. The maximum Gasteiger partial charge on any atom is 0.230 e. The highest BCUT2D eigenvalue weighted by Crippen LogP contribution is 2.31. The van der Waals surface area contributed by atoms with Crippen molar-refractivity contribution < 1.29 is 9.18 Å². The van der Waals surface area contributed by atoms with Gasteiger partial charge in [0.2, 0.25) is 5.91 Å². The van der Waals surface area contributed by atoms with E-state index in [1.165, 1.54) is 12.1 Å². The van der Waals surface area contributed by atoms with Gasteiger partial charge in [-0.2, -0.15) is 0 Å². The summed E-state index contributed by atoms with van der Waals surface area (Å²) < 4.78 is 13.3. The largest absolute Gasteiger partial charge is 0.361 e. The number of amides is 1. The van der Waals surface area contributed by atoms with E-state index < -0.39 is 5.41 Å². The van der Waals surface area contributed by atoms with Crippen molar-refractivity contribution in [3.8, 4) is 0 Å². The summed E-state index contributed by atoms with van der Waals surface area (Å²) in [5, 5.41) is 4.47. The third-order valence-corrected chi connectivity index (χ3v) is 4.50. The Hall–Kier alpha value is -2.33. The van der Waals surface area contributed by atoms with Crippen LogP contribution >= 0.6 is 11.6 Å². The predicted molar refractivity (Wildman–Crippen MR) is 94.6 cm³/mol. The smallest absolute Gasteiger partial charge is 0.230 e. The molecule has 0 spiro atoms. The van der Waals surface area contributed by atoms with Gasteiger partial charge < -0.3 is 10.3 Å². The highest BCUT2D eigenvalue weighted by atomic mass is 35.5. The van der Waals surface area contributed by atoms with Gasteiger partial charge in [-0.25, -0.2) is 4.39 Å². The molecule has 5 heteroatoms. The molecule has 0 atom stereocenters. The summed E-state index contributed by atoms with van der Waals surface area (Å²) >= 11 is 5.86. The van der Waals surface area contributed by atoms with Gasteiger partial charge >= 0.3 is 0 Å². The number of rotatable bonds is 4. The van der Waals surface area contributed by atoms with Crippen LogP contribution in [-0.4, -0.2) is 10.9 Å². The zero-order valence-electron chi connectivity index (χ0n) is 13.5. The topological polar surface area (TPSA) is 44.9 Å². The summed E-state index contributed by atoms with van der Waals surface area (Å²) in [6, 6.07) is 11.9. The fourth-order valence-electron chi connectivity index (χ4n) is 2.74. The summed E-state index contributed by atoms with van der Waals surface area (Å²) in [6.07, 6.45) is 1.77. The number of fused-ring (bicyclic) bond motifs is 1. The Morgan fingerprint density at radius 1 is 1.21 bits per heavy atom. The van der Waals surface area contributed by atoms with Gasteiger partial charge in [0, 0.05) is 28.7 Å². The highest BCUT2D eigenvalue weighted by Gasteiger charge is 2.32. The van der Waals surface area contributed by atoms with E-state index in [9.17, 15) is 9.18 Å². The second kappa shape index (κ2) is 6.29. The second-order valence-corrected chi connectivity index (χ2v) is 6.76. The van der Waals surface area contributed by atoms with Crippen molar-refractivity contribution >= 4 is 28.4 Å². The molecule has 124 valence electrons. The van der Waals surface area contributed by atoms with Crippen molar-refractivity contribution in [1.82, 2.24) is 10.3 Å². The molecule has 0 aliphatic heterocycles. The van der Waals surface area contributed by atoms with Crippen molar-refractivity contribution in [2.24, 2.45) is 0 Å². The lowest BCUT2D eigenvalue weighted by Crippen LogP contribution is -2.39. The van der Waals surface area contributed by atoms with Crippen LogP contribution in [0.15, 0.2) is 48.7 Å². The van der Waals surface area contributed by atoms with Crippen LogP contribution in [0.25, 0.3) is 10.9 Å². The molecule has 3 aromatic rings. The molecule has 0 bridgehead atoms. The third-order valence-electron chi connectivity index (χ3n) is 4.25. The fraction of sp³-hybridized carbons (Fsp3) is 0.211. The summed E-state index contributed by atoms with van der Waals surface area (Å²) in [5.41, 5.74) is 1.75. The van der Waals surface area contributed by atoms with Crippen LogP contribution < -0.4 is 5.32 Å². The maximum atomic E-state index is 13.3. The monoisotopic (exact) mass is 344 g/mol. The van der Waals surface area contributed by atoms with Gasteiger partial charge in [0.25, 0.3) is 0 Å². The molecule has 1 amide bonds. The maximum absolute atomic E-state index is 13.3. The van der Waals surface area contributed by atoms with Crippen molar-refractivity contribution in [2.45, 2.75) is 25.8 Å². The van der Waals surface area contributed by atoms with Crippen molar-refractivity contribution in [2.75, 3.05) is 0 Å². The van der Waals surface area contributed by atoms with Gasteiger partial charge in [-0.05, 0) is 55.3 Å². The van der Waals surface area contributed by atoms with Crippen LogP contribution in [0.4, 0.5) is 4.39 Å². The van der Waals surface area contributed by atoms with E-state index in [0.717, 1.165) is 16.5 Å². The molecule has 0 saturated carbocycles. The molecule has 0 radical (unpaired) electrons. The first-order valence-electron chi connectivity index (χ1n) is 7.68. The van der Waals surface area contributed by atoms with Gasteiger partial charge in [0.15, 0.2) is 0 Å². The van der Waals surface area contributed by atoms with Gasteiger partial charge in [-0.15, -0.1) is 0 Å². The zero-order chi connectivity index (χ0) is 17.3. The Morgan fingerprint density at radius 3 is 2.62 bits per heavy atom. The van der Waals surface area contributed by atoms with Crippen molar-refractivity contribution in [1.29, 1.82) is 0 Å². The minimum absolute atomic E-state index is 0.0947. The average molecular weight is 345 g/mol.